The Bertz CT molecular complexity index is 1540. The molecule has 0 bridgehead atoms. The highest BCUT2D eigenvalue weighted by molar-refractivity contribution is 7.90. The number of fused-ring (bicyclic) bond motifs is 1. The van der Waals surface area contributed by atoms with E-state index in [0.29, 0.717) is 28.2 Å². The number of benzene rings is 3. The average molecular weight is 490 g/mol. The molecule has 2 N–H and O–H groups in total. The predicted octanol–water partition coefficient (Wildman–Crippen LogP) is 3.64. The highest BCUT2D eigenvalue weighted by atomic mass is 32.2. The number of amidine groups is 1. The van der Waals surface area contributed by atoms with Crippen molar-refractivity contribution in [3.63, 3.8) is 0 Å². The summed E-state index contributed by atoms with van der Waals surface area (Å²) in [5.41, 5.74) is 2.14. The summed E-state index contributed by atoms with van der Waals surface area (Å²) in [6, 6.07) is 18.4. The largest absolute Gasteiger partial charge is 0.339 e. The zero-order valence-corrected chi connectivity index (χ0v) is 19.3. The first-order chi connectivity index (χ1) is 16.8. The molecule has 1 atom stereocenters. The Morgan fingerprint density at radius 3 is 2.40 bits per heavy atom. The first-order valence-electron chi connectivity index (χ1n) is 10.7. The number of nitrogens with zero attached hydrogens (tertiary/aromatic N) is 3. The fourth-order valence-electron chi connectivity index (χ4n) is 3.86. The van der Waals surface area contributed by atoms with Crippen molar-refractivity contribution >= 4 is 27.5 Å². The van der Waals surface area contributed by atoms with Crippen molar-refractivity contribution in [3.8, 4) is 0 Å². The molecule has 1 aromatic heterocycles. The third-order valence-electron chi connectivity index (χ3n) is 5.64. The molecule has 0 aliphatic carbocycles. The van der Waals surface area contributed by atoms with Crippen LogP contribution in [0.1, 0.15) is 33.4 Å². The molecular formula is C25H20FN5O3S. The summed E-state index contributed by atoms with van der Waals surface area (Å²) in [4.78, 5) is 17.6. The number of sulfonamides is 1. The van der Waals surface area contributed by atoms with Crippen molar-refractivity contribution < 1.29 is 17.6 Å². The van der Waals surface area contributed by atoms with Gasteiger partial charge in [-0.25, -0.2) is 9.37 Å². The SMILES string of the molecule is Cn1ccnc1C(NC(=O)c1ccc(NC2=NS(=O)(=O)c3ccccc32)cc1)c1ccc(F)cc1. The topological polar surface area (TPSA) is 105 Å². The van der Waals surface area contributed by atoms with Crippen LogP contribution in [0, 0.1) is 5.82 Å². The van der Waals surface area contributed by atoms with Crippen LogP contribution in [0.15, 0.2) is 94.5 Å². The molecule has 3 aromatic carbocycles. The summed E-state index contributed by atoms with van der Waals surface area (Å²) >= 11 is 0. The molecule has 1 aliphatic heterocycles. The molecule has 4 aromatic rings. The van der Waals surface area contributed by atoms with E-state index in [1.807, 2.05) is 7.05 Å². The molecule has 1 amide bonds. The van der Waals surface area contributed by atoms with E-state index < -0.39 is 16.1 Å². The van der Waals surface area contributed by atoms with Gasteiger partial charge in [-0.15, -0.1) is 4.40 Å². The third kappa shape index (κ3) is 4.43. The molecule has 8 nitrogen and oxygen atoms in total. The quantitative estimate of drug-likeness (QED) is 0.445. The van der Waals surface area contributed by atoms with Crippen LogP contribution in [0.25, 0.3) is 0 Å². The van der Waals surface area contributed by atoms with Gasteiger partial charge in [-0.1, -0.05) is 24.3 Å². The van der Waals surface area contributed by atoms with Crippen LogP contribution in [0.3, 0.4) is 0 Å². The van der Waals surface area contributed by atoms with Crippen LogP contribution in [0.4, 0.5) is 10.1 Å². The number of imidazole rings is 1. The number of carbonyl (C=O) groups excluding carboxylic acids is 1. The van der Waals surface area contributed by atoms with E-state index in [0.717, 1.165) is 0 Å². The summed E-state index contributed by atoms with van der Waals surface area (Å²) in [5.74, 6) is 0.107. The highest BCUT2D eigenvalue weighted by Crippen LogP contribution is 2.27. The molecule has 1 aliphatic rings. The summed E-state index contributed by atoms with van der Waals surface area (Å²) in [7, 11) is -1.92. The lowest BCUT2D eigenvalue weighted by molar-refractivity contribution is 0.0941. The molecule has 176 valence electrons. The molecule has 0 spiro atoms. The number of hydrogen-bond donors (Lipinski definition) is 2. The van der Waals surface area contributed by atoms with Gasteiger partial charge in [0, 0.05) is 36.3 Å². The van der Waals surface area contributed by atoms with Crippen molar-refractivity contribution in [2.75, 3.05) is 5.32 Å². The maximum atomic E-state index is 13.5. The normalized spacial score (nSPS) is 14.6. The van der Waals surface area contributed by atoms with Crippen LogP contribution < -0.4 is 10.6 Å². The van der Waals surface area contributed by atoms with Gasteiger partial charge in [-0.3, -0.25) is 4.79 Å². The monoisotopic (exact) mass is 489 g/mol. The summed E-state index contributed by atoms with van der Waals surface area (Å²) in [5, 5.41) is 5.97. The Morgan fingerprint density at radius 2 is 1.71 bits per heavy atom. The van der Waals surface area contributed by atoms with Gasteiger partial charge >= 0.3 is 0 Å². The Kier molecular flexibility index (Phi) is 5.65. The minimum absolute atomic E-state index is 0.152. The zero-order chi connectivity index (χ0) is 24.6. The van der Waals surface area contributed by atoms with E-state index in [1.165, 1.54) is 18.2 Å². The van der Waals surface area contributed by atoms with E-state index in [4.69, 9.17) is 0 Å². The number of hydrogen-bond acceptors (Lipinski definition) is 5. The molecule has 2 heterocycles. The van der Waals surface area contributed by atoms with E-state index >= 15 is 0 Å². The second-order valence-electron chi connectivity index (χ2n) is 7.97. The Labute approximate surface area is 201 Å². The summed E-state index contributed by atoms with van der Waals surface area (Å²) in [6.45, 7) is 0. The summed E-state index contributed by atoms with van der Waals surface area (Å²) in [6.07, 6.45) is 3.39. The van der Waals surface area contributed by atoms with Gasteiger partial charge in [-0.2, -0.15) is 8.42 Å². The number of anilines is 1. The van der Waals surface area contributed by atoms with Gasteiger partial charge in [0.1, 0.15) is 22.6 Å². The van der Waals surface area contributed by atoms with Crippen LogP contribution in [0.5, 0.6) is 0 Å². The van der Waals surface area contributed by atoms with Gasteiger partial charge in [0.2, 0.25) is 0 Å². The molecule has 5 rings (SSSR count). The minimum Gasteiger partial charge on any atom is -0.339 e. The number of aromatic nitrogens is 2. The smallest absolute Gasteiger partial charge is 0.285 e. The molecule has 0 saturated heterocycles. The van der Waals surface area contributed by atoms with Crippen LogP contribution in [-0.2, 0) is 17.1 Å². The lowest BCUT2D eigenvalue weighted by Gasteiger charge is -2.19. The molecule has 0 saturated carbocycles. The number of carbonyl (C=O) groups is 1. The van der Waals surface area contributed by atoms with Gasteiger partial charge in [0.25, 0.3) is 15.9 Å². The molecule has 35 heavy (non-hydrogen) atoms. The number of aryl methyl sites for hydroxylation is 1. The van der Waals surface area contributed by atoms with Crippen LogP contribution in [0.2, 0.25) is 0 Å². The van der Waals surface area contributed by atoms with Crippen molar-refractivity contribution in [2.24, 2.45) is 11.4 Å². The van der Waals surface area contributed by atoms with Gasteiger partial charge in [0.05, 0.1) is 0 Å². The third-order valence-corrected chi connectivity index (χ3v) is 6.97. The van der Waals surface area contributed by atoms with Gasteiger partial charge in [-0.05, 0) is 54.1 Å². The standard InChI is InChI=1S/C25H20FN5O3S/c1-31-15-14-27-24(31)22(16-6-10-18(26)11-7-16)29-25(32)17-8-12-19(13-9-17)28-23-20-4-2-3-5-21(20)35(33,34)30-23/h2-15,22H,1H3,(H,28,30)(H,29,32). The minimum atomic E-state index is -3.73. The first-order valence-corrected chi connectivity index (χ1v) is 12.1. The van der Waals surface area contributed by atoms with Crippen molar-refractivity contribution in [1.29, 1.82) is 0 Å². The fraction of sp³-hybridized carbons (Fsp3) is 0.0800. The average Bonchev–Trinajstić information content (AvgIpc) is 3.39. The Hall–Kier alpha value is -4.31. The van der Waals surface area contributed by atoms with Gasteiger partial charge in [0.15, 0.2) is 5.84 Å². The lowest BCUT2D eigenvalue weighted by atomic mass is 10.0. The fourth-order valence-corrected chi connectivity index (χ4v) is 5.04. The van der Waals surface area contributed by atoms with Crippen molar-refractivity contribution in [1.82, 2.24) is 14.9 Å². The Morgan fingerprint density at radius 1 is 1.00 bits per heavy atom. The van der Waals surface area contributed by atoms with E-state index in [9.17, 15) is 17.6 Å². The molecule has 0 radical (unpaired) electrons. The number of nitrogens with one attached hydrogen (secondary N) is 2. The van der Waals surface area contributed by atoms with Crippen molar-refractivity contribution in [3.05, 3.63) is 114 Å². The zero-order valence-electron chi connectivity index (χ0n) is 18.5. The highest BCUT2D eigenvalue weighted by Gasteiger charge is 2.28. The summed E-state index contributed by atoms with van der Waals surface area (Å²) < 4.78 is 43.6. The first kappa shape index (κ1) is 22.5. The van der Waals surface area contributed by atoms with Crippen molar-refractivity contribution in [2.45, 2.75) is 10.9 Å². The van der Waals surface area contributed by atoms with Crippen LogP contribution >= 0.6 is 0 Å². The number of amides is 1. The van der Waals surface area contributed by atoms with Crippen LogP contribution in [-0.4, -0.2) is 29.7 Å². The van der Waals surface area contributed by atoms with E-state index in [2.05, 4.69) is 20.0 Å². The molecule has 10 heteroatoms. The van der Waals surface area contributed by atoms with E-state index in [1.54, 1.807) is 71.6 Å². The molecular weight excluding hydrogens is 469 g/mol. The maximum Gasteiger partial charge on any atom is 0.285 e. The second-order valence-corrected chi connectivity index (χ2v) is 9.54. The molecule has 1 unspecified atom stereocenters. The second kappa shape index (κ2) is 8.80. The molecule has 0 fully saturated rings. The number of halogens is 1. The predicted molar refractivity (Wildman–Crippen MR) is 129 cm³/mol. The van der Waals surface area contributed by atoms with Gasteiger partial charge < -0.3 is 15.2 Å². The lowest BCUT2D eigenvalue weighted by Crippen LogP contribution is -2.31. The number of rotatable bonds is 5. The Balaban J connectivity index is 1.36. The maximum absolute atomic E-state index is 13.5. The van der Waals surface area contributed by atoms with E-state index in [-0.39, 0.29) is 22.5 Å².